The van der Waals surface area contributed by atoms with Crippen LogP contribution in [0.4, 0.5) is 5.69 Å². The Hall–Kier alpha value is -5.84. The van der Waals surface area contributed by atoms with Crippen LogP contribution in [0, 0.1) is 10.1 Å². The number of hydrazone groups is 1. The van der Waals surface area contributed by atoms with Crippen molar-refractivity contribution in [2.24, 2.45) is 5.10 Å². The fourth-order valence-corrected chi connectivity index (χ4v) is 3.33. The van der Waals surface area contributed by atoms with Crippen molar-refractivity contribution in [3.05, 3.63) is 130 Å². The highest BCUT2D eigenvalue weighted by Crippen LogP contribution is 2.27. The molecule has 0 saturated heterocycles. The van der Waals surface area contributed by atoms with Gasteiger partial charge in [-0.1, -0.05) is 48.5 Å². The van der Waals surface area contributed by atoms with Gasteiger partial charge in [-0.15, -0.1) is 0 Å². The first-order valence-corrected chi connectivity index (χ1v) is 11.8. The summed E-state index contributed by atoms with van der Waals surface area (Å²) >= 11 is 0. The summed E-state index contributed by atoms with van der Waals surface area (Å²) in [5.74, 6) is -1.89. The van der Waals surface area contributed by atoms with Crippen LogP contribution in [0.5, 0.6) is 17.2 Å². The van der Waals surface area contributed by atoms with Gasteiger partial charge in [0.15, 0.2) is 12.4 Å². The molecule has 4 aromatic rings. The van der Waals surface area contributed by atoms with Crippen molar-refractivity contribution in [1.29, 1.82) is 0 Å². The van der Waals surface area contributed by atoms with Crippen LogP contribution in [0.3, 0.4) is 0 Å². The van der Waals surface area contributed by atoms with Crippen molar-refractivity contribution in [2.75, 3.05) is 6.61 Å². The molecule has 0 radical (unpaired) electrons. The van der Waals surface area contributed by atoms with Crippen LogP contribution in [0.2, 0.25) is 0 Å². The summed E-state index contributed by atoms with van der Waals surface area (Å²) in [6.45, 7) is -0.535. The molecule has 0 aliphatic heterocycles. The van der Waals surface area contributed by atoms with Gasteiger partial charge in [0, 0.05) is 17.7 Å². The number of para-hydroxylation sites is 2. The lowest BCUT2D eigenvalue weighted by Gasteiger charge is -2.10. The second-order valence-electron chi connectivity index (χ2n) is 8.02. The molecule has 200 valence electrons. The molecule has 0 atom stereocenters. The van der Waals surface area contributed by atoms with Gasteiger partial charge in [0.2, 0.25) is 0 Å². The van der Waals surface area contributed by atoms with E-state index in [9.17, 15) is 24.5 Å². The molecule has 0 aliphatic carbocycles. The Bertz CT molecular complexity index is 1560. The number of esters is 2. The average molecular weight is 540 g/mol. The number of benzene rings is 4. The molecule has 11 nitrogen and oxygen atoms in total. The third-order valence-corrected chi connectivity index (χ3v) is 5.23. The molecule has 0 aliphatic rings. The number of amides is 1. The van der Waals surface area contributed by atoms with E-state index in [-0.39, 0.29) is 34.1 Å². The topological polar surface area (TPSA) is 146 Å². The van der Waals surface area contributed by atoms with E-state index in [0.717, 1.165) is 0 Å². The first-order chi connectivity index (χ1) is 19.4. The van der Waals surface area contributed by atoms with E-state index in [1.165, 1.54) is 48.7 Å². The molecule has 11 heteroatoms. The molecule has 0 spiro atoms. The predicted octanol–water partition coefficient (Wildman–Crippen LogP) is 4.56. The lowest BCUT2D eigenvalue weighted by atomic mass is 10.2. The van der Waals surface area contributed by atoms with E-state index >= 15 is 0 Å². The minimum atomic E-state index is -0.689. The number of hydrogen-bond acceptors (Lipinski definition) is 9. The molecule has 0 unspecified atom stereocenters. The second kappa shape index (κ2) is 13.1. The van der Waals surface area contributed by atoms with Crippen molar-refractivity contribution in [3.63, 3.8) is 0 Å². The Morgan fingerprint density at radius 2 is 1.38 bits per heavy atom. The maximum atomic E-state index is 12.7. The summed E-state index contributed by atoms with van der Waals surface area (Å²) in [5, 5.41) is 14.9. The summed E-state index contributed by atoms with van der Waals surface area (Å²) in [7, 11) is 0. The fraction of sp³-hybridized carbons (Fsp3) is 0.0345. The molecule has 1 amide bonds. The smallest absolute Gasteiger partial charge is 0.343 e. The van der Waals surface area contributed by atoms with Gasteiger partial charge in [-0.25, -0.2) is 15.0 Å². The van der Waals surface area contributed by atoms with Crippen LogP contribution >= 0.6 is 0 Å². The maximum Gasteiger partial charge on any atom is 0.343 e. The number of hydrogen-bond donors (Lipinski definition) is 1. The summed E-state index contributed by atoms with van der Waals surface area (Å²) in [5.41, 5.74) is 2.87. The molecular formula is C29H21N3O8. The van der Waals surface area contributed by atoms with Crippen molar-refractivity contribution in [1.82, 2.24) is 5.43 Å². The van der Waals surface area contributed by atoms with Crippen LogP contribution < -0.4 is 19.6 Å². The monoisotopic (exact) mass is 539 g/mol. The largest absolute Gasteiger partial charge is 0.477 e. The van der Waals surface area contributed by atoms with Gasteiger partial charge in [0.25, 0.3) is 5.91 Å². The van der Waals surface area contributed by atoms with Crippen LogP contribution in [-0.4, -0.2) is 35.6 Å². The Balaban J connectivity index is 1.47. The van der Waals surface area contributed by atoms with Crippen LogP contribution in [0.15, 0.2) is 108 Å². The molecule has 0 heterocycles. The van der Waals surface area contributed by atoms with Crippen LogP contribution in [-0.2, 0) is 4.79 Å². The van der Waals surface area contributed by atoms with Gasteiger partial charge in [0.1, 0.15) is 11.5 Å². The lowest BCUT2D eigenvalue weighted by Crippen LogP contribution is -2.24. The number of nitro groups is 1. The molecule has 40 heavy (non-hydrogen) atoms. The number of nitro benzene ring substituents is 1. The Kier molecular flexibility index (Phi) is 8.91. The highest BCUT2D eigenvalue weighted by Gasteiger charge is 2.16. The van der Waals surface area contributed by atoms with Gasteiger partial charge in [-0.3, -0.25) is 14.9 Å². The SMILES string of the molecule is O=C(COc1ccccc1[N+](=O)[O-])N/N=C/c1ccc(OC(=O)c2ccccc2)cc1OC(=O)c1ccccc1. The third kappa shape index (κ3) is 7.35. The Labute approximate surface area is 227 Å². The van der Waals surface area contributed by atoms with Crippen LogP contribution in [0.25, 0.3) is 0 Å². The van der Waals surface area contributed by atoms with Gasteiger partial charge in [-0.2, -0.15) is 5.10 Å². The minimum Gasteiger partial charge on any atom is -0.477 e. The summed E-state index contributed by atoms with van der Waals surface area (Å²) in [4.78, 5) is 47.8. The number of rotatable bonds is 10. The molecular weight excluding hydrogens is 518 g/mol. The number of nitrogens with zero attached hydrogens (tertiary/aromatic N) is 2. The van der Waals surface area contributed by atoms with E-state index in [2.05, 4.69) is 10.5 Å². The first kappa shape index (κ1) is 27.2. The van der Waals surface area contributed by atoms with E-state index in [1.807, 2.05) is 0 Å². The Morgan fingerprint density at radius 1 is 0.775 bits per heavy atom. The van der Waals surface area contributed by atoms with Gasteiger partial charge >= 0.3 is 17.6 Å². The summed E-state index contributed by atoms with van der Waals surface area (Å²) in [6, 6.07) is 26.6. The molecule has 0 aromatic heterocycles. The highest BCUT2D eigenvalue weighted by atomic mass is 16.6. The third-order valence-electron chi connectivity index (χ3n) is 5.23. The van der Waals surface area contributed by atoms with Crippen molar-refractivity contribution in [3.8, 4) is 17.2 Å². The van der Waals surface area contributed by atoms with E-state index < -0.39 is 29.4 Å². The molecule has 4 aromatic carbocycles. The number of carbonyl (C=O) groups is 3. The van der Waals surface area contributed by atoms with E-state index in [1.54, 1.807) is 60.7 Å². The second-order valence-corrected chi connectivity index (χ2v) is 8.02. The number of nitrogens with one attached hydrogen (secondary N) is 1. The normalized spacial score (nSPS) is 10.5. The molecule has 0 bridgehead atoms. The first-order valence-electron chi connectivity index (χ1n) is 11.8. The maximum absolute atomic E-state index is 12.7. The van der Waals surface area contributed by atoms with Crippen molar-refractivity contribution < 1.29 is 33.5 Å². The van der Waals surface area contributed by atoms with Gasteiger partial charge < -0.3 is 14.2 Å². The Morgan fingerprint density at radius 3 is 2.02 bits per heavy atom. The molecule has 1 N–H and O–H groups in total. The van der Waals surface area contributed by atoms with Crippen molar-refractivity contribution in [2.45, 2.75) is 0 Å². The minimum absolute atomic E-state index is 0.0152. The standard InChI is InChI=1S/C29H21N3O8/c33-27(19-38-25-14-8-7-13-24(25)32(36)37)31-30-18-22-15-16-23(39-28(34)20-9-3-1-4-10-20)17-26(22)40-29(35)21-11-5-2-6-12-21/h1-18H,19H2,(H,31,33)/b30-18+. The summed E-state index contributed by atoms with van der Waals surface area (Å²) < 4.78 is 16.2. The average Bonchev–Trinajstić information content (AvgIpc) is 2.98. The molecule has 4 rings (SSSR count). The van der Waals surface area contributed by atoms with Crippen molar-refractivity contribution >= 4 is 29.7 Å². The fourth-order valence-electron chi connectivity index (χ4n) is 3.33. The summed E-state index contributed by atoms with van der Waals surface area (Å²) in [6.07, 6.45) is 1.22. The van der Waals surface area contributed by atoms with E-state index in [0.29, 0.717) is 5.56 Å². The number of ether oxygens (including phenoxy) is 3. The zero-order valence-corrected chi connectivity index (χ0v) is 20.8. The molecule has 0 saturated carbocycles. The molecule has 0 fully saturated rings. The highest BCUT2D eigenvalue weighted by molar-refractivity contribution is 5.94. The van der Waals surface area contributed by atoms with Crippen LogP contribution in [0.1, 0.15) is 26.3 Å². The van der Waals surface area contributed by atoms with Gasteiger partial charge in [-0.05, 0) is 42.5 Å². The zero-order valence-electron chi connectivity index (χ0n) is 20.8. The predicted molar refractivity (Wildman–Crippen MR) is 144 cm³/mol. The van der Waals surface area contributed by atoms with Gasteiger partial charge in [0.05, 0.1) is 22.3 Å². The zero-order chi connectivity index (χ0) is 28.3. The number of carbonyl (C=O) groups excluding carboxylic acids is 3. The quantitative estimate of drug-likeness (QED) is 0.101. The lowest BCUT2D eigenvalue weighted by molar-refractivity contribution is -0.385. The van der Waals surface area contributed by atoms with E-state index in [4.69, 9.17) is 14.2 Å².